The summed E-state index contributed by atoms with van der Waals surface area (Å²) in [5, 5.41) is 5.40. The monoisotopic (exact) mass is 616 g/mol. The van der Waals surface area contributed by atoms with Crippen LogP contribution in [0.25, 0.3) is 21.5 Å². The first-order valence-electron chi connectivity index (χ1n) is 13.7. The predicted octanol–water partition coefficient (Wildman–Crippen LogP) is 10.1. The van der Waals surface area contributed by atoms with E-state index in [4.69, 9.17) is 17.0 Å². The number of fused-ring (bicyclic) bond motifs is 2. The van der Waals surface area contributed by atoms with Crippen molar-refractivity contribution in [3.05, 3.63) is 72.8 Å². The van der Waals surface area contributed by atoms with Crippen LogP contribution in [-0.4, -0.2) is 29.9 Å². The molecule has 4 aromatic rings. The van der Waals surface area contributed by atoms with Crippen LogP contribution in [-0.2, 0) is 18.9 Å². The first-order valence-corrected chi connectivity index (χ1v) is 21.5. The Kier molecular flexibility index (Phi) is 15.5. The predicted molar refractivity (Wildman–Crippen MR) is 168 cm³/mol. The van der Waals surface area contributed by atoms with E-state index in [1.165, 1.54) is 58.6 Å². The summed E-state index contributed by atoms with van der Waals surface area (Å²) in [6.45, 7) is 15.5. The van der Waals surface area contributed by atoms with Gasteiger partial charge in [-0.1, -0.05) is 39.8 Å². The molecule has 0 aliphatic heterocycles. The standard InChI is InChI=1S/2C15H20N.C2H4.2ClH.Zr/c2*1-3-10-16(11-4-2)15-9-8-13-6-5-7-14(13)12-15;1-2;;;/h2*5-9,12H,3-4,10-11H2,1-2H3;1H,2H3;2*1H;/q2*-1;;;;+2/p-2. The molecule has 4 rings (SSSR count). The Balaban J connectivity index is 0.000000221. The first-order chi connectivity index (χ1) is 18.0. The van der Waals surface area contributed by atoms with Gasteiger partial charge in [0.15, 0.2) is 0 Å². The van der Waals surface area contributed by atoms with Gasteiger partial charge in [-0.25, -0.2) is 0 Å². The summed E-state index contributed by atoms with van der Waals surface area (Å²) in [5.74, 6) is 0. The Bertz CT molecular complexity index is 1090. The van der Waals surface area contributed by atoms with Crippen LogP contribution in [0.3, 0.4) is 0 Å². The average molecular weight is 619 g/mol. The molecule has 202 valence electrons. The van der Waals surface area contributed by atoms with Gasteiger partial charge in [0.05, 0.1) is 0 Å². The molecule has 0 N–H and O–H groups in total. The summed E-state index contributed by atoms with van der Waals surface area (Å²) < 4.78 is 1.89. The normalized spacial score (nSPS) is 10.4. The number of hydrogen-bond donors (Lipinski definition) is 0. The molecule has 0 heterocycles. The molecule has 0 aliphatic rings. The number of rotatable bonds is 10. The van der Waals surface area contributed by atoms with Crippen LogP contribution in [0.2, 0.25) is 0 Å². The topological polar surface area (TPSA) is 6.48 Å². The van der Waals surface area contributed by atoms with Crippen molar-refractivity contribution in [1.29, 1.82) is 0 Å². The van der Waals surface area contributed by atoms with E-state index in [0.29, 0.717) is 0 Å². The molecule has 0 aliphatic carbocycles. The van der Waals surface area contributed by atoms with Crippen molar-refractivity contribution in [3.63, 3.8) is 0 Å². The molecule has 0 bridgehead atoms. The molecule has 2 nitrogen and oxygen atoms in total. The molecule has 4 aromatic carbocycles. The van der Waals surface area contributed by atoms with Crippen LogP contribution in [0.4, 0.5) is 11.4 Å². The van der Waals surface area contributed by atoms with Crippen LogP contribution < -0.4 is 9.80 Å². The van der Waals surface area contributed by atoms with Crippen molar-refractivity contribution < 1.29 is 18.9 Å². The van der Waals surface area contributed by atoms with Gasteiger partial charge < -0.3 is 9.80 Å². The fourth-order valence-corrected chi connectivity index (χ4v) is 4.44. The van der Waals surface area contributed by atoms with Gasteiger partial charge in [-0.15, -0.1) is 57.9 Å². The molecule has 0 atom stereocenters. The maximum atomic E-state index is 5.37. The molecule has 0 aromatic heterocycles. The van der Waals surface area contributed by atoms with E-state index < -0.39 is 18.9 Å². The van der Waals surface area contributed by atoms with E-state index in [0.717, 1.165) is 26.2 Å². The summed E-state index contributed by atoms with van der Waals surface area (Å²) in [4.78, 5) is 4.96. The molecule has 0 fully saturated rings. The zero-order chi connectivity index (χ0) is 27.0. The third-order valence-corrected chi connectivity index (χ3v) is 9.82. The van der Waals surface area contributed by atoms with Crippen molar-refractivity contribution in [2.75, 3.05) is 36.0 Å². The average Bonchev–Trinajstić information content (AvgIpc) is 3.57. The Labute approximate surface area is 240 Å². The fourth-order valence-electron chi connectivity index (χ4n) is 4.44. The van der Waals surface area contributed by atoms with Crippen LogP contribution >= 0.6 is 17.0 Å². The quantitative estimate of drug-likeness (QED) is 0.163. The van der Waals surface area contributed by atoms with E-state index in [1.807, 2.05) is 10.6 Å². The summed E-state index contributed by atoms with van der Waals surface area (Å²) in [5.41, 5.74) is 2.73. The van der Waals surface area contributed by atoms with Crippen LogP contribution in [0.15, 0.2) is 72.8 Å². The van der Waals surface area contributed by atoms with Gasteiger partial charge in [0.1, 0.15) is 0 Å². The Morgan fingerprint density at radius 2 is 1.00 bits per heavy atom. The third-order valence-electron chi connectivity index (χ3n) is 6.17. The van der Waals surface area contributed by atoms with E-state index in [-0.39, 0.29) is 0 Å². The zero-order valence-electron chi connectivity index (χ0n) is 23.3. The van der Waals surface area contributed by atoms with Crippen molar-refractivity contribution in [1.82, 2.24) is 0 Å². The molecular weight excluding hydrogens is 574 g/mol. The second kappa shape index (κ2) is 18.0. The summed E-state index contributed by atoms with van der Waals surface area (Å²) in [7, 11) is 10.7. The second-order valence-corrected chi connectivity index (χ2v) is 18.0. The molecule has 0 saturated carbocycles. The molecule has 0 saturated heterocycles. The zero-order valence-corrected chi connectivity index (χ0v) is 27.3. The van der Waals surface area contributed by atoms with Gasteiger partial charge in [0, 0.05) is 26.2 Å². The van der Waals surface area contributed by atoms with Crippen molar-refractivity contribution in [3.8, 4) is 0 Å². The molecule has 0 radical (unpaired) electrons. The Hall–Kier alpha value is -1.41. The Morgan fingerprint density at radius 3 is 1.30 bits per heavy atom. The summed E-state index contributed by atoms with van der Waals surface area (Å²) >= 11 is -1.76. The van der Waals surface area contributed by atoms with E-state index >= 15 is 0 Å². The van der Waals surface area contributed by atoms with Crippen molar-refractivity contribution >= 4 is 53.7 Å². The molecular formula is C32H44Cl2N2Zr-2. The minimum atomic E-state index is -1.76. The maximum absolute atomic E-state index is 5.37. The van der Waals surface area contributed by atoms with Gasteiger partial charge >= 0.3 is 46.5 Å². The number of halogens is 2. The van der Waals surface area contributed by atoms with Gasteiger partial charge in [0.2, 0.25) is 0 Å². The van der Waals surface area contributed by atoms with E-state index in [1.54, 1.807) is 0 Å². The Morgan fingerprint density at radius 1 is 0.649 bits per heavy atom. The number of anilines is 2. The van der Waals surface area contributed by atoms with Crippen LogP contribution in [0, 0.1) is 0 Å². The molecule has 5 heteroatoms. The second-order valence-electron chi connectivity index (χ2n) is 9.23. The van der Waals surface area contributed by atoms with Gasteiger partial charge in [-0.2, -0.15) is 24.3 Å². The van der Waals surface area contributed by atoms with E-state index in [2.05, 4.69) is 110 Å². The van der Waals surface area contributed by atoms with Gasteiger partial charge in [-0.3, -0.25) is 0 Å². The van der Waals surface area contributed by atoms with Crippen LogP contribution in [0.5, 0.6) is 0 Å². The minimum absolute atomic E-state index is 1.15. The number of nitrogens with zero attached hydrogens (tertiary/aromatic N) is 2. The van der Waals surface area contributed by atoms with Crippen LogP contribution in [0.1, 0.15) is 60.3 Å². The number of hydrogen-bond acceptors (Lipinski definition) is 2. The summed E-state index contributed by atoms with van der Waals surface area (Å²) in [6, 6.07) is 26.5. The molecule has 0 amide bonds. The van der Waals surface area contributed by atoms with E-state index in [9.17, 15) is 0 Å². The molecule has 0 spiro atoms. The molecule has 37 heavy (non-hydrogen) atoms. The SMILES string of the molecule is CCCN(CCC)c1ccc2cc[cH-]c2c1.CCCN(CCC)c1ccc2cc[cH-]c2c1.C[CH]=[Zr]([Cl])[Cl]. The van der Waals surface area contributed by atoms with Crippen molar-refractivity contribution in [2.45, 2.75) is 60.3 Å². The number of benzene rings is 2. The van der Waals surface area contributed by atoms with Crippen molar-refractivity contribution in [2.24, 2.45) is 0 Å². The summed E-state index contributed by atoms with van der Waals surface area (Å²) in [6.07, 6.45) is 4.83. The first kappa shape index (κ1) is 31.8. The third kappa shape index (κ3) is 10.7. The van der Waals surface area contributed by atoms with Gasteiger partial charge in [0.25, 0.3) is 0 Å². The molecule has 0 unspecified atom stereocenters. The fraction of sp³-hybridized carbons (Fsp3) is 0.406. The van der Waals surface area contributed by atoms with Gasteiger partial charge in [-0.05, 0) is 37.1 Å².